The predicted molar refractivity (Wildman–Crippen MR) is 149 cm³/mol. The van der Waals surface area contributed by atoms with Crippen molar-refractivity contribution in [1.29, 1.82) is 0 Å². The van der Waals surface area contributed by atoms with Crippen molar-refractivity contribution in [2.45, 2.75) is 102 Å². The second-order valence-electron chi connectivity index (χ2n) is 12.7. The Kier molecular flexibility index (Phi) is 8.09. The first kappa shape index (κ1) is 30.1. The normalized spacial score (nSPS) is 24.4. The van der Waals surface area contributed by atoms with Crippen molar-refractivity contribution >= 4 is 41.2 Å². The Morgan fingerprint density at radius 2 is 1.54 bits per heavy atom. The molecule has 0 spiro atoms. The van der Waals surface area contributed by atoms with Gasteiger partial charge in [-0.15, -0.1) is 0 Å². The van der Waals surface area contributed by atoms with Gasteiger partial charge in [0.25, 0.3) is 0 Å². The van der Waals surface area contributed by atoms with Crippen LogP contribution in [0.15, 0.2) is 24.5 Å². The van der Waals surface area contributed by atoms with Gasteiger partial charge in [-0.05, 0) is 42.3 Å². The second-order valence-corrected chi connectivity index (χ2v) is 23.7. The summed E-state index contributed by atoms with van der Waals surface area (Å²) in [4.78, 5) is 32.0. The number of hydrogen-bond donors (Lipinski definition) is 3. The number of imidazole rings is 1. The van der Waals surface area contributed by atoms with E-state index in [1.807, 2.05) is 0 Å². The number of nitrogens with zero attached hydrogens (tertiary/aromatic N) is 4. The molecule has 0 radical (unpaired) electrons. The van der Waals surface area contributed by atoms with Crippen LogP contribution in [0.2, 0.25) is 36.3 Å². The van der Waals surface area contributed by atoms with Gasteiger partial charge in [0, 0.05) is 5.82 Å². The molecule has 0 amide bonds. The highest BCUT2D eigenvalue weighted by molar-refractivity contribution is 7.55. The maximum Gasteiger partial charge on any atom is 0.348 e. The van der Waals surface area contributed by atoms with Crippen molar-refractivity contribution in [3.8, 4) is 0 Å². The summed E-state index contributed by atoms with van der Waals surface area (Å²) in [7, 11) is -9.17. The quantitative estimate of drug-likeness (QED) is 0.312. The molecule has 4 atom stereocenters. The number of nitrogens with two attached hydrogens (primary N) is 1. The molecule has 2 aromatic heterocycles. The second kappa shape index (κ2) is 9.94. The standard InChI is InChI=1S/C23H42N5O6PSi2/c1-22(2,3)36(7,8)33-17-15(11-12-35(29,30)31)32-21(18(17)34-37(9,10)23(4,5)6)28-14-27-16-19(24)25-13-26-20(16)28/h11-15,17-18,21H,1-10H3,(H2,24,25,26)(H2,29,30,31)/b12-11+/t15-,17?,18?,21-/m1/s1. The van der Waals surface area contributed by atoms with Crippen LogP contribution in [-0.2, 0) is 18.2 Å². The first-order valence-corrected chi connectivity index (χ1v) is 19.8. The van der Waals surface area contributed by atoms with Crippen molar-refractivity contribution < 1.29 is 27.9 Å². The zero-order chi connectivity index (χ0) is 28.2. The Morgan fingerprint density at radius 3 is 2.05 bits per heavy atom. The third-order valence-electron chi connectivity index (χ3n) is 7.83. The number of aromatic nitrogens is 4. The molecule has 0 aromatic carbocycles. The number of anilines is 1. The topological polar surface area (TPSA) is 155 Å². The minimum Gasteiger partial charge on any atom is -0.408 e. The van der Waals surface area contributed by atoms with Gasteiger partial charge in [-0.25, -0.2) is 15.0 Å². The molecule has 0 bridgehead atoms. The highest BCUT2D eigenvalue weighted by Gasteiger charge is 2.54. The van der Waals surface area contributed by atoms with Crippen molar-refractivity contribution in [2.24, 2.45) is 0 Å². The van der Waals surface area contributed by atoms with E-state index in [1.165, 1.54) is 12.4 Å². The molecule has 1 aliphatic heterocycles. The van der Waals surface area contributed by atoms with Crippen LogP contribution in [0.25, 0.3) is 11.2 Å². The number of fused-ring (bicyclic) bond motifs is 1. The Balaban J connectivity index is 2.19. The smallest absolute Gasteiger partial charge is 0.348 e. The van der Waals surface area contributed by atoms with Crippen LogP contribution in [-0.4, -0.2) is 64.3 Å². The summed E-state index contributed by atoms with van der Waals surface area (Å²) in [5.74, 6) is 1.12. The van der Waals surface area contributed by atoms with Crippen molar-refractivity contribution in [2.75, 3.05) is 5.73 Å². The maximum absolute atomic E-state index is 11.8. The summed E-state index contributed by atoms with van der Waals surface area (Å²) in [5.41, 5.74) is 6.95. The van der Waals surface area contributed by atoms with Crippen LogP contribution < -0.4 is 5.73 Å². The summed E-state index contributed by atoms with van der Waals surface area (Å²) in [6.07, 6.45) is 1.61. The van der Waals surface area contributed by atoms with Crippen LogP contribution in [0, 0.1) is 0 Å². The lowest BCUT2D eigenvalue weighted by Crippen LogP contribution is -2.53. The molecule has 1 saturated heterocycles. The van der Waals surface area contributed by atoms with Crippen LogP contribution in [0.3, 0.4) is 0 Å². The average molecular weight is 572 g/mol. The van der Waals surface area contributed by atoms with Crippen LogP contribution in [0.4, 0.5) is 5.82 Å². The fourth-order valence-corrected chi connectivity index (χ4v) is 6.57. The molecular weight excluding hydrogens is 529 g/mol. The van der Waals surface area contributed by atoms with Gasteiger partial charge in [-0.2, -0.15) is 0 Å². The van der Waals surface area contributed by atoms with E-state index in [1.54, 1.807) is 10.9 Å². The summed E-state index contributed by atoms with van der Waals surface area (Å²) in [6, 6.07) is 0. The maximum atomic E-state index is 11.8. The first-order valence-electron chi connectivity index (χ1n) is 12.3. The van der Waals surface area contributed by atoms with Gasteiger partial charge in [-0.3, -0.25) is 9.13 Å². The van der Waals surface area contributed by atoms with E-state index in [9.17, 15) is 14.4 Å². The molecule has 0 aliphatic carbocycles. The lowest BCUT2D eigenvalue weighted by molar-refractivity contribution is -0.0192. The van der Waals surface area contributed by atoms with E-state index in [-0.39, 0.29) is 15.9 Å². The molecular formula is C23H42N5O6PSi2. The molecule has 3 rings (SSSR count). The van der Waals surface area contributed by atoms with Gasteiger partial charge >= 0.3 is 7.60 Å². The number of ether oxygens (including phenoxy) is 1. The van der Waals surface area contributed by atoms with E-state index < -0.39 is 48.8 Å². The Hall–Kier alpha value is -1.45. The third-order valence-corrected chi connectivity index (χ3v) is 17.3. The summed E-state index contributed by atoms with van der Waals surface area (Å²) in [5, 5.41) is -0.226. The van der Waals surface area contributed by atoms with E-state index in [2.05, 4.69) is 82.7 Å². The predicted octanol–water partition coefficient (Wildman–Crippen LogP) is 4.78. The monoisotopic (exact) mass is 571 g/mol. The summed E-state index contributed by atoms with van der Waals surface area (Å²) in [6.45, 7) is 21.4. The third kappa shape index (κ3) is 6.41. The van der Waals surface area contributed by atoms with E-state index in [0.717, 1.165) is 5.82 Å². The molecule has 37 heavy (non-hydrogen) atoms. The van der Waals surface area contributed by atoms with Gasteiger partial charge in [-0.1, -0.05) is 41.5 Å². The van der Waals surface area contributed by atoms with Gasteiger partial charge in [0.15, 0.2) is 34.3 Å². The molecule has 14 heteroatoms. The number of nitrogen functional groups attached to an aromatic ring is 1. The largest absolute Gasteiger partial charge is 0.408 e. The Morgan fingerprint density at radius 1 is 1.00 bits per heavy atom. The van der Waals surface area contributed by atoms with Gasteiger partial charge in [0.05, 0.1) is 6.33 Å². The van der Waals surface area contributed by atoms with Crippen molar-refractivity contribution in [1.82, 2.24) is 19.5 Å². The van der Waals surface area contributed by atoms with Gasteiger partial charge < -0.3 is 29.1 Å². The summed E-state index contributed by atoms with van der Waals surface area (Å²) >= 11 is 0. The highest BCUT2D eigenvalue weighted by atomic mass is 31.2. The fraction of sp³-hybridized carbons (Fsp3) is 0.696. The van der Waals surface area contributed by atoms with Gasteiger partial charge in [0.1, 0.15) is 30.2 Å². The van der Waals surface area contributed by atoms with Crippen molar-refractivity contribution in [3.05, 3.63) is 24.5 Å². The average Bonchev–Trinajstić information content (AvgIpc) is 3.27. The summed E-state index contributed by atoms with van der Waals surface area (Å²) < 4.78 is 33.8. The fourth-order valence-electron chi connectivity index (χ4n) is 3.59. The van der Waals surface area contributed by atoms with Crippen LogP contribution >= 0.6 is 7.60 Å². The van der Waals surface area contributed by atoms with E-state index >= 15 is 0 Å². The van der Waals surface area contributed by atoms with Crippen LogP contribution in [0.1, 0.15) is 47.8 Å². The molecule has 0 saturated carbocycles. The molecule has 4 N–H and O–H groups in total. The Bertz CT molecular complexity index is 1200. The number of rotatable bonds is 7. The van der Waals surface area contributed by atoms with Crippen molar-refractivity contribution in [3.63, 3.8) is 0 Å². The lowest BCUT2D eigenvalue weighted by atomic mass is 10.1. The number of hydrogen-bond acceptors (Lipinski definition) is 8. The molecule has 1 fully saturated rings. The highest BCUT2D eigenvalue weighted by Crippen LogP contribution is 2.47. The molecule has 2 aromatic rings. The minimum absolute atomic E-state index is 0.109. The van der Waals surface area contributed by atoms with Gasteiger partial charge in [0.2, 0.25) is 0 Å². The van der Waals surface area contributed by atoms with E-state index in [4.69, 9.17) is 19.3 Å². The Labute approximate surface area is 221 Å². The van der Waals surface area contributed by atoms with E-state index in [0.29, 0.717) is 11.2 Å². The minimum atomic E-state index is -4.43. The lowest BCUT2D eigenvalue weighted by Gasteiger charge is -2.44. The van der Waals surface area contributed by atoms with Crippen LogP contribution in [0.5, 0.6) is 0 Å². The molecule has 208 valence electrons. The molecule has 3 heterocycles. The first-order chi connectivity index (χ1) is 16.6. The molecule has 11 nitrogen and oxygen atoms in total. The molecule has 2 unspecified atom stereocenters. The molecule has 1 aliphatic rings. The zero-order valence-corrected chi connectivity index (χ0v) is 26.4. The SMILES string of the molecule is CC(C)(C)[Si](C)(C)OC1C(O[Si](C)(C)C(C)(C)C)[C@@H](/C=C/P(=O)(O)O)O[C@H]1n1cnc2c(N)ncnc21. The zero-order valence-electron chi connectivity index (χ0n) is 23.5.